The lowest BCUT2D eigenvalue weighted by atomic mass is 10.1. The molecule has 0 radical (unpaired) electrons. The Morgan fingerprint density at radius 2 is 2.00 bits per heavy atom. The molecule has 1 aliphatic heterocycles. The molecule has 1 saturated heterocycles. The van der Waals surface area contributed by atoms with Gasteiger partial charge in [0.15, 0.2) is 0 Å². The quantitative estimate of drug-likeness (QED) is 0.874. The molecule has 6 heteroatoms. The molecule has 1 fully saturated rings. The van der Waals surface area contributed by atoms with Crippen LogP contribution in [-0.4, -0.2) is 30.2 Å². The Kier molecular flexibility index (Phi) is 3.61. The first kappa shape index (κ1) is 13.3. The monoisotopic (exact) mass is 261 g/mol. The summed E-state index contributed by atoms with van der Waals surface area (Å²) in [4.78, 5) is 0. The zero-order chi connectivity index (χ0) is 13.2. The van der Waals surface area contributed by atoms with E-state index in [4.69, 9.17) is 9.84 Å². The smallest absolute Gasteiger partial charge is 0.396 e. The van der Waals surface area contributed by atoms with Crippen LogP contribution in [0.15, 0.2) is 30.3 Å². The number of hydrogen-bond acceptors (Lipinski definition) is 3. The molecule has 2 atom stereocenters. The SMILES string of the molecule is OCCC1(C(F)(F)F)N[C@H](c2ccccc2)CO1. The number of benzene rings is 1. The van der Waals surface area contributed by atoms with Crippen molar-refractivity contribution in [3.05, 3.63) is 35.9 Å². The van der Waals surface area contributed by atoms with E-state index in [2.05, 4.69) is 5.32 Å². The molecule has 3 nitrogen and oxygen atoms in total. The number of rotatable bonds is 3. The van der Waals surface area contributed by atoms with Gasteiger partial charge in [0.1, 0.15) is 0 Å². The summed E-state index contributed by atoms with van der Waals surface area (Å²) in [5.74, 6) is 0. The van der Waals surface area contributed by atoms with Crippen LogP contribution in [0.1, 0.15) is 18.0 Å². The predicted octanol–water partition coefficient (Wildman–Crippen LogP) is 1.99. The van der Waals surface area contributed by atoms with Gasteiger partial charge in [0, 0.05) is 13.0 Å². The fraction of sp³-hybridized carbons (Fsp3) is 0.500. The van der Waals surface area contributed by atoms with Gasteiger partial charge in [-0.3, -0.25) is 5.32 Å². The van der Waals surface area contributed by atoms with Crippen molar-refractivity contribution in [1.82, 2.24) is 5.32 Å². The molecule has 1 aromatic rings. The zero-order valence-electron chi connectivity index (χ0n) is 9.57. The van der Waals surface area contributed by atoms with Crippen LogP contribution in [0.2, 0.25) is 0 Å². The van der Waals surface area contributed by atoms with Crippen molar-refractivity contribution in [2.75, 3.05) is 13.2 Å². The predicted molar refractivity (Wildman–Crippen MR) is 58.8 cm³/mol. The number of hydrogen-bond donors (Lipinski definition) is 2. The molecule has 0 saturated carbocycles. The first-order valence-corrected chi connectivity index (χ1v) is 5.63. The van der Waals surface area contributed by atoms with E-state index in [-0.39, 0.29) is 6.61 Å². The third-order valence-corrected chi connectivity index (χ3v) is 3.03. The highest BCUT2D eigenvalue weighted by atomic mass is 19.4. The van der Waals surface area contributed by atoms with E-state index in [0.29, 0.717) is 0 Å². The molecule has 2 rings (SSSR count). The molecular formula is C12H14F3NO2. The minimum Gasteiger partial charge on any atom is -0.396 e. The van der Waals surface area contributed by atoms with Crippen molar-refractivity contribution in [3.63, 3.8) is 0 Å². The lowest BCUT2D eigenvalue weighted by Crippen LogP contribution is -2.55. The highest BCUT2D eigenvalue weighted by Crippen LogP contribution is 2.40. The van der Waals surface area contributed by atoms with Crippen molar-refractivity contribution in [2.24, 2.45) is 0 Å². The van der Waals surface area contributed by atoms with Crippen LogP contribution in [0.5, 0.6) is 0 Å². The summed E-state index contributed by atoms with van der Waals surface area (Å²) >= 11 is 0. The van der Waals surface area contributed by atoms with Crippen molar-refractivity contribution >= 4 is 0 Å². The Hall–Kier alpha value is -1.11. The fourth-order valence-electron chi connectivity index (χ4n) is 2.06. The van der Waals surface area contributed by atoms with E-state index < -0.39 is 31.0 Å². The van der Waals surface area contributed by atoms with Gasteiger partial charge in [0.05, 0.1) is 12.6 Å². The maximum Gasteiger partial charge on any atom is 0.431 e. The van der Waals surface area contributed by atoms with Gasteiger partial charge in [-0.15, -0.1) is 0 Å². The summed E-state index contributed by atoms with van der Waals surface area (Å²) in [5.41, 5.74) is -1.70. The second kappa shape index (κ2) is 4.87. The molecule has 100 valence electrons. The molecule has 0 aromatic heterocycles. The average Bonchev–Trinajstić information content (AvgIpc) is 2.76. The lowest BCUT2D eigenvalue weighted by Gasteiger charge is -2.30. The van der Waals surface area contributed by atoms with Crippen LogP contribution in [0.4, 0.5) is 13.2 Å². The van der Waals surface area contributed by atoms with E-state index in [1.807, 2.05) is 0 Å². The van der Waals surface area contributed by atoms with Crippen LogP contribution >= 0.6 is 0 Å². The van der Waals surface area contributed by atoms with Gasteiger partial charge >= 0.3 is 6.18 Å². The van der Waals surface area contributed by atoms with Crippen LogP contribution < -0.4 is 5.32 Å². The van der Waals surface area contributed by atoms with Gasteiger partial charge < -0.3 is 9.84 Å². The topological polar surface area (TPSA) is 41.5 Å². The number of ether oxygens (including phenoxy) is 1. The first-order valence-electron chi connectivity index (χ1n) is 5.63. The summed E-state index contributed by atoms with van der Waals surface area (Å²) in [5, 5.41) is 11.2. The van der Waals surface area contributed by atoms with E-state index in [0.717, 1.165) is 5.56 Å². The molecule has 1 aliphatic rings. The molecule has 0 amide bonds. The van der Waals surface area contributed by atoms with Crippen molar-refractivity contribution in [1.29, 1.82) is 0 Å². The van der Waals surface area contributed by atoms with Crippen molar-refractivity contribution in [3.8, 4) is 0 Å². The van der Waals surface area contributed by atoms with Gasteiger partial charge in [-0.05, 0) is 5.56 Å². The molecule has 0 bridgehead atoms. The first-order chi connectivity index (χ1) is 8.48. The molecule has 2 N–H and O–H groups in total. The zero-order valence-corrected chi connectivity index (χ0v) is 9.57. The Morgan fingerprint density at radius 1 is 1.33 bits per heavy atom. The summed E-state index contributed by atoms with van der Waals surface area (Å²) in [6.07, 6.45) is -5.07. The number of alkyl halides is 3. The summed E-state index contributed by atoms with van der Waals surface area (Å²) in [7, 11) is 0. The normalized spacial score (nSPS) is 28.6. The molecule has 0 spiro atoms. The van der Waals surface area contributed by atoms with Gasteiger partial charge in [0.2, 0.25) is 5.72 Å². The summed E-state index contributed by atoms with van der Waals surface area (Å²) < 4.78 is 43.9. The highest BCUT2D eigenvalue weighted by molar-refractivity contribution is 5.20. The second-order valence-corrected chi connectivity index (χ2v) is 4.22. The van der Waals surface area contributed by atoms with Crippen LogP contribution in [-0.2, 0) is 4.74 Å². The molecule has 18 heavy (non-hydrogen) atoms. The number of nitrogens with one attached hydrogen (secondary N) is 1. The number of halogens is 3. The molecule has 0 aliphatic carbocycles. The van der Waals surface area contributed by atoms with Crippen LogP contribution in [0.3, 0.4) is 0 Å². The van der Waals surface area contributed by atoms with Gasteiger partial charge in [0.25, 0.3) is 0 Å². The largest absolute Gasteiger partial charge is 0.431 e. The average molecular weight is 261 g/mol. The van der Waals surface area contributed by atoms with E-state index in [1.165, 1.54) is 0 Å². The Balaban J connectivity index is 2.19. The Morgan fingerprint density at radius 3 is 2.56 bits per heavy atom. The van der Waals surface area contributed by atoms with Crippen LogP contribution in [0, 0.1) is 0 Å². The second-order valence-electron chi connectivity index (χ2n) is 4.22. The van der Waals surface area contributed by atoms with Gasteiger partial charge in [-0.25, -0.2) is 0 Å². The van der Waals surface area contributed by atoms with E-state index >= 15 is 0 Å². The number of aliphatic hydroxyl groups excluding tert-OH is 1. The van der Waals surface area contributed by atoms with Crippen molar-refractivity contribution in [2.45, 2.75) is 24.4 Å². The van der Waals surface area contributed by atoms with Crippen molar-refractivity contribution < 1.29 is 23.0 Å². The highest BCUT2D eigenvalue weighted by Gasteiger charge is 2.59. The number of aliphatic hydroxyl groups is 1. The third-order valence-electron chi connectivity index (χ3n) is 3.03. The van der Waals surface area contributed by atoms with Crippen LogP contribution in [0.25, 0.3) is 0 Å². The summed E-state index contributed by atoms with van der Waals surface area (Å²) in [6.45, 7) is -0.655. The minimum atomic E-state index is -4.56. The summed E-state index contributed by atoms with van der Waals surface area (Å²) in [6, 6.07) is 8.29. The standard InChI is InChI=1S/C12H14F3NO2/c13-12(14,15)11(6-7-17)16-10(8-18-11)9-4-2-1-3-5-9/h1-5,10,16-17H,6-8H2/t10-,11?/m0/s1. The van der Waals surface area contributed by atoms with E-state index in [1.54, 1.807) is 30.3 Å². The molecule has 1 unspecified atom stereocenters. The molecule has 1 aromatic carbocycles. The third kappa shape index (κ3) is 2.36. The fourth-order valence-corrected chi connectivity index (χ4v) is 2.06. The minimum absolute atomic E-state index is 0.0659. The lowest BCUT2D eigenvalue weighted by molar-refractivity contribution is -0.275. The maximum absolute atomic E-state index is 13.0. The maximum atomic E-state index is 13.0. The Bertz CT molecular complexity index is 396. The van der Waals surface area contributed by atoms with Gasteiger partial charge in [-0.2, -0.15) is 13.2 Å². The van der Waals surface area contributed by atoms with Gasteiger partial charge in [-0.1, -0.05) is 30.3 Å². The Labute approximate surface area is 103 Å². The van der Waals surface area contributed by atoms with E-state index in [9.17, 15) is 13.2 Å². The molecule has 1 heterocycles. The molecular weight excluding hydrogens is 247 g/mol.